The number of rotatable bonds is 61. The summed E-state index contributed by atoms with van der Waals surface area (Å²) in [4.78, 5) is 38.3. The number of ether oxygens (including phenoxy) is 3. The van der Waals surface area contributed by atoms with Gasteiger partial charge in [-0.1, -0.05) is 303 Å². The summed E-state index contributed by atoms with van der Waals surface area (Å²) in [5.41, 5.74) is 0. The number of hydrogen-bond acceptors (Lipinski definition) is 6. The molecule has 6 nitrogen and oxygen atoms in total. The zero-order chi connectivity index (χ0) is 58.5. The summed E-state index contributed by atoms with van der Waals surface area (Å²) >= 11 is 0. The molecule has 81 heavy (non-hydrogen) atoms. The van der Waals surface area contributed by atoms with Crippen LogP contribution in [0.4, 0.5) is 0 Å². The Bertz CT molecular complexity index is 1670. The van der Waals surface area contributed by atoms with Crippen molar-refractivity contribution < 1.29 is 28.6 Å². The van der Waals surface area contributed by atoms with Gasteiger partial charge in [-0.3, -0.25) is 14.4 Å². The van der Waals surface area contributed by atoms with Crippen LogP contribution in [0.25, 0.3) is 0 Å². The molecule has 0 rings (SSSR count). The van der Waals surface area contributed by atoms with E-state index >= 15 is 0 Å². The van der Waals surface area contributed by atoms with Crippen LogP contribution in [-0.4, -0.2) is 37.2 Å². The van der Waals surface area contributed by atoms with E-state index in [-0.39, 0.29) is 31.1 Å². The number of hydrogen-bond donors (Lipinski definition) is 0. The standard InChI is InChI=1S/C75H126O6/c1-4-7-10-13-16-19-22-25-28-30-31-32-33-34-35-36-37-38-39-40-41-42-43-44-45-46-48-50-53-56-59-62-65-68-74(77)80-71-72(70-79-73(76)67-64-61-58-55-52-49-27-24-21-18-15-12-9-6-3)81-75(78)69-66-63-60-57-54-51-47-29-26-23-20-17-14-11-8-5-2/h7,10,16,19,24-25,27-28,31-32,34-35,37-38,40-41,43-44,46,48,72H,4-6,8-9,11-15,17-18,20-23,26,29-30,33,36,39,42,45,47,49-71H2,1-3H3/b10-7-,19-16-,27-24-,28-25-,32-31-,35-34-,38-37-,41-40-,44-43-,48-46-. The first-order valence-electron chi connectivity index (χ1n) is 34.0. The van der Waals surface area contributed by atoms with Gasteiger partial charge in [0.25, 0.3) is 0 Å². The smallest absolute Gasteiger partial charge is 0.306 e. The lowest BCUT2D eigenvalue weighted by atomic mass is 10.0. The maximum atomic E-state index is 12.9. The lowest BCUT2D eigenvalue weighted by Crippen LogP contribution is -2.30. The van der Waals surface area contributed by atoms with E-state index in [9.17, 15) is 14.4 Å². The van der Waals surface area contributed by atoms with Crippen molar-refractivity contribution in [3.05, 3.63) is 122 Å². The topological polar surface area (TPSA) is 78.9 Å². The Morgan fingerprint density at radius 1 is 0.259 bits per heavy atom. The molecule has 0 amide bonds. The number of esters is 3. The zero-order valence-corrected chi connectivity index (χ0v) is 53.0. The third-order valence-electron chi connectivity index (χ3n) is 14.5. The van der Waals surface area contributed by atoms with Crippen LogP contribution < -0.4 is 0 Å². The lowest BCUT2D eigenvalue weighted by molar-refractivity contribution is -0.167. The predicted octanol–water partition coefficient (Wildman–Crippen LogP) is 23.6. The molecule has 0 aromatic carbocycles. The van der Waals surface area contributed by atoms with E-state index in [4.69, 9.17) is 14.2 Å². The molecule has 462 valence electrons. The van der Waals surface area contributed by atoms with E-state index in [1.165, 1.54) is 135 Å². The molecule has 6 heteroatoms. The normalized spacial score (nSPS) is 12.9. The van der Waals surface area contributed by atoms with Gasteiger partial charge in [-0.05, 0) is 116 Å². The molecule has 0 radical (unpaired) electrons. The molecule has 0 saturated carbocycles. The number of unbranched alkanes of at least 4 members (excludes halogenated alkanes) is 30. The Labute approximate surface area is 501 Å². The van der Waals surface area contributed by atoms with Gasteiger partial charge in [0.15, 0.2) is 6.10 Å². The summed E-state index contributed by atoms with van der Waals surface area (Å²) in [7, 11) is 0. The Morgan fingerprint density at radius 2 is 0.481 bits per heavy atom. The van der Waals surface area contributed by atoms with Gasteiger partial charge >= 0.3 is 17.9 Å². The van der Waals surface area contributed by atoms with Crippen molar-refractivity contribution in [1.29, 1.82) is 0 Å². The third-order valence-corrected chi connectivity index (χ3v) is 14.5. The fourth-order valence-corrected chi connectivity index (χ4v) is 9.37. The molecule has 0 N–H and O–H groups in total. The number of carbonyl (C=O) groups excluding carboxylic acids is 3. The molecule has 0 aliphatic carbocycles. The molecule has 0 spiro atoms. The average molecular weight is 1120 g/mol. The van der Waals surface area contributed by atoms with Gasteiger partial charge in [-0.15, -0.1) is 0 Å². The van der Waals surface area contributed by atoms with E-state index in [1.54, 1.807) is 0 Å². The monoisotopic (exact) mass is 1120 g/mol. The Morgan fingerprint density at radius 3 is 0.765 bits per heavy atom. The average Bonchev–Trinajstić information content (AvgIpc) is 3.47. The van der Waals surface area contributed by atoms with Gasteiger partial charge in [0.05, 0.1) is 0 Å². The summed E-state index contributed by atoms with van der Waals surface area (Å²) in [6.45, 7) is 6.52. The molecular weight excluding hydrogens is 997 g/mol. The van der Waals surface area contributed by atoms with Gasteiger partial charge in [0.2, 0.25) is 0 Å². The minimum Gasteiger partial charge on any atom is -0.462 e. The molecule has 0 heterocycles. The van der Waals surface area contributed by atoms with Gasteiger partial charge in [-0.2, -0.15) is 0 Å². The summed E-state index contributed by atoms with van der Waals surface area (Å²) in [6.07, 6.45) is 95.0. The molecule has 0 aliphatic rings. The second kappa shape index (κ2) is 68.3. The van der Waals surface area contributed by atoms with Crippen molar-refractivity contribution in [1.82, 2.24) is 0 Å². The SMILES string of the molecule is CC/C=C\C/C=C\C/C=C\C/C=C\C/C=C\C/C=C\C/C=C\C/C=C\C/C=C\CCCCCCCC(=O)OCC(COC(=O)CCCCCCC/C=C\CCCCCCC)OC(=O)CCCCCCCCCCCCCCCCCC. The van der Waals surface area contributed by atoms with Gasteiger partial charge < -0.3 is 14.2 Å². The highest BCUT2D eigenvalue weighted by molar-refractivity contribution is 5.71. The second-order valence-corrected chi connectivity index (χ2v) is 22.4. The minimum absolute atomic E-state index is 0.0872. The van der Waals surface area contributed by atoms with Crippen molar-refractivity contribution in [3.63, 3.8) is 0 Å². The van der Waals surface area contributed by atoms with E-state index in [0.717, 1.165) is 141 Å². The van der Waals surface area contributed by atoms with Crippen LogP contribution in [0.5, 0.6) is 0 Å². The van der Waals surface area contributed by atoms with Crippen LogP contribution in [0, 0.1) is 0 Å². The van der Waals surface area contributed by atoms with E-state index in [1.807, 2.05) is 0 Å². The third kappa shape index (κ3) is 66.5. The molecule has 0 aromatic heterocycles. The highest BCUT2D eigenvalue weighted by Gasteiger charge is 2.19. The first kappa shape index (κ1) is 76.8. The van der Waals surface area contributed by atoms with Crippen molar-refractivity contribution in [2.45, 2.75) is 322 Å². The second-order valence-electron chi connectivity index (χ2n) is 22.4. The summed E-state index contributed by atoms with van der Waals surface area (Å²) < 4.78 is 16.9. The number of carbonyl (C=O) groups is 3. The van der Waals surface area contributed by atoms with Gasteiger partial charge in [0.1, 0.15) is 13.2 Å². The first-order chi connectivity index (χ1) is 40.0. The molecule has 0 saturated heterocycles. The van der Waals surface area contributed by atoms with Crippen molar-refractivity contribution >= 4 is 17.9 Å². The van der Waals surface area contributed by atoms with Crippen LogP contribution in [0.1, 0.15) is 316 Å². The molecule has 0 aromatic rings. The molecule has 1 atom stereocenters. The zero-order valence-electron chi connectivity index (χ0n) is 53.0. The maximum absolute atomic E-state index is 12.9. The first-order valence-corrected chi connectivity index (χ1v) is 34.0. The quantitative estimate of drug-likeness (QED) is 0.0261. The van der Waals surface area contributed by atoms with E-state index in [0.29, 0.717) is 19.3 Å². The summed E-state index contributed by atoms with van der Waals surface area (Å²) in [6, 6.07) is 0. The van der Waals surface area contributed by atoms with Crippen molar-refractivity contribution in [3.8, 4) is 0 Å². The molecule has 0 fully saturated rings. The number of allylic oxidation sites excluding steroid dienone is 20. The maximum Gasteiger partial charge on any atom is 0.306 e. The fraction of sp³-hybridized carbons (Fsp3) is 0.693. The summed E-state index contributed by atoms with van der Waals surface area (Å²) in [5, 5.41) is 0. The molecule has 1 unspecified atom stereocenters. The molecule has 0 aliphatic heterocycles. The molecular formula is C75H126O6. The lowest BCUT2D eigenvalue weighted by Gasteiger charge is -2.18. The van der Waals surface area contributed by atoms with Gasteiger partial charge in [0, 0.05) is 19.3 Å². The van der Waals surface area contributed by atoms with Crippen LogP contribution in [-0.2, 0) is 28.6 Å². The Balaban J connectivity index is 4.33. The fourth-order valence-electron chi connectivity index (χ4n) is 9.37. The van der Waals surface area contributed by atoms with Crippen LogP contribution in [0.2, 0.25) is 0 Å². The molecule has 0 bridgehead atoms. The highest BCUT2D eigenvalue weighted by atomic mass is 16.6. The van der Waals surface area contributed by atoms with Gasteiger partial charge in [-0.25, -0.2) is 0 Å². The van der Waals surface area contributed by atoms with Crippen molar-refractivity contribution in [2.75, 3.05) is 13.2 Å². The Kier molecular flexibility index (Phi) is 64.8. The van der Waals surface area contributed by atoms with Crippen LogP contribution >= 0.6 is 0 Å². The predicted molar refractivity (Wildman–Crippen MR) is 353 cm³/mol. The largest absolute Gasteiger partial charge is 0.462 e. The van der Waals surface area contributed by atoms with Crippen LogP contribution in [0.15, 0.2) is 122 Å². The summed E-state index contributed by atoms with van der Waals surface area (Å²) in [5.74, 6) is -0.904. The van der Waals surface area contributed by atoms with Crippen molar-refractivity contribution in [2.24, 2.45) is 0 Å². The minimum atomic E-state index is -0.791. The van der Waals surface area contributed by atoms with E-state index < -0.39 is 6.10 Å². The Hall–Kier alpha value is -4.19. The van der Waals surface area contributed by atoms with E-state index in [2.05, 4.69) is 142 Å². The van der Waals surface area contributed by atoms with Crippen LogP contribution in [0.3, 0.4) is 0 Å². The highest BCUT2D eigenvalue weighted by Crippen LogP contribution is 2.16.